The summed E-state index contributed by atoms with van der Waals surface area (Å²) in [5, 5.41) is 4.06. The van der Waals surface area contributed by atoms with Crippen LogP contribution in [0.3, 0.4) is 0 Å². The second-order valence-corrected chi connectivity index (χ2v) is 8.27. The molecule has 0 saturated heterocycles. The van der Waals surface area contributed by atoms with Crippen LogP contribution in [0.1, 0.15) is 0 Å². The lowest BCUT2D eigenvalue weighted by molar-refractivity contribution is -0.154. The monoisotopic (exact) mass is 487 g/mol. The third-order valence-corrected chi connectivity index (χ3v) is 4.63. The maximum Gasteiger partial charge on any atom is 0.422 e. The van der Waals surface area contributed by atoms with Crippen LogP contribution in [0.4, 0.5) is 13.2 Å². The Kier molecular flexibility index (Phi) is 7.43. The minimum atomic E-state index is -4.54. The van der Waals surface area contributed by atoms with Crippen molar-refractivity contribution in [2.45, 2.75) is 6.18 Å². The number of alkyl halides is 3. The molecule has 9 nitrogen and oxygen atoms in total. The van der Waals surface area contributed by atoms with E-state index in [1.807, 2.05) is 0 Å². The van der Waals surface area contributed by atoms with Crippen molar-refractivity contribution in [1.29, 1.82) is 0 Å². The second kappa shape index (κ2) is 10.1. The van der Waals surface area contributed by atoms with Crippen LogP contribution in [0, 0.1) is 0 Å². The van der Waals surface area contributed by atoms with E-state index in [2.05, 4.69) is 14.3 Å². The number of ether oxygens (including phenoxy) is 3. The zero-order chi connectivity index (χ0) is 24.1. The van der Waals surface area contributed by atoms with E-state index in [1.165, 1.54) is 11.8 Å². The fourth-order valence-electron chi connectivity index (χ4n) is 2.64. The van der Waals surface area contributed by atoms with E-state index in [0.717, 1.165) is 6.26 Å². The van der Waals surface area contributed by atoms with E-state index < -0.39 is 28.9 Å². The van der Waals surface area contributed by atoms with E-state index in [4.69, 9.17) is 14.2 Å². The van der Waals surface area contributed by atoms with Gasteiger partial charge in [0.25, 0.3) is 10.1 Å². The molecule has 0 spiro atoms. The summed E-state index contributed by atoms with van der Waals surface area (Å²) in [6, 6.07) is 12.7. The smallest absolute Gasteiger partial charge is 0.422 e. The van der Waals surface area contributed by atoms with Crippen LogP contribution >= 0.6 is 0 Å². The van der Waals surface area contributed by atoms with Gasteiger partial charge in [-0.25, -0.2) is 4.68 Å². The minimum absolute atomic E-state index is 0.00385. The maximum atomic E-state index is 12.6. The fourth-order valence-corrected chi connectivity index (χ4v) is 3.01. The summed E-state index contributed by atoms with van der Waals surface area (Å²) >= 11 is 0. The molecule has 33 heavy (non-hydrogen) atoms. The molecule has 3 aromatic rings. The van der Waals surface area contributed by atoms with Crippen molar-refractivity contribution in [2.75, 3.05) is 33.2 Å². The molecule has 0 amide bonds. The van der Waals surface area contributed by atoms with Gasteiger partial charge in [0.05, 0.1) is 19.1 Å². The normalized spacial score (nSPS) is 11.9. The first-order chi connectivity index (χ1) is 15.5. The first-order valence-electron chi connectivity index (χ1n) is 9.43. The number of rotatable bonds is 10. The molecule has 178 valence electrons. The molecule has 2 aromatic carbocycles. The second-order valence-electron chi connectivity index (χ2n) is 6.63. The molecule has 0 saturated carbocycles. The number of hydrogen-bond acceptors (Lipinski definition) is 8. The quantitative estimate of drug-likeness (QED) is 0.317. The molecule has 1 heterocycles. The summed E-state index contributed by atoms with van der Waals surface area (Å²) in [7, 11) is -2.05. The lowest BCUT2D eigenvalue weighted by Crippen LogP contribution is -2.19. The molecular formula is C20H20F3N3O6S. The van der Waals surface area contributed by atoms with Crippen molar-refractivity contribution >= 4 is 10.1 Å². The third-order valence-electron chi connectivity index (χ3n) is 4.03. The van der Waals surface area contributed by atoms with Gasteiger partial charge >= 0.3 is 12.2 Å². The molecule has 0 aliphatic heterocycles. The Morgan fingerprint density at radius 1 is 0.939 bits per heavy atom. The topological polar surface area (TPSA) is 102 Å². The van der Waals surface area contributed by atoms with E-state index in [0.29, 0.717) is 22.7 Å². The molecule has 0 atom stereocenters. The summed E-state index contributed by atoms with van der Waals surface area (Å²) in [4.78, 5) is 4.11. The van der Waals surface area contributed by atoms with Crippen LogP contribution < -0.4 is 14.2 Å². The Morgan fingerprint density at radius 3 is 2.15 bits per heavy atom. The van der Waals surface area contributed by atoms with Gasteiger partial charge in [-0.2, -0.15) is 26.6 Å². The Bertz CT molecular complexity index is 1160. The minimum Gasteiger partial charge on any atom is -0.497 e. The lowest BCUT2D eigenvalue weighted by Gasteiger charge is -2.09. The van der Waals surface area contributed by atoms with Crippen molar-refractivity contribution < 1.29 is 40.0 Å². The van der Waals surface area contributed by atoms with Crippen LogP contribution in [0.5, 0.6) is 17.5 Å². The highest BCUT2D eigenvalue weighted by Gasteiger charge is 2.29. The number of methoxy groups -OCH3 is 1. The van der Waals surface area contributed by atoms with Crippen molar-refractivity contribution in [3.05, 3.63) is 48.5 Å². The van der Waals surface area contributed by atoms with Gasteiger partial charge in [-0.15, -0.1) is 5.10 Å². The van der Waals surface area contributed by atoms with E-state index in [-0.39, 0.29) is 19.0 Å². The molecule has 0 fully saturated rings. The van der Waals surface area contributed by atoms with E-state index in [9.17, 15) is 21.6 Å². The van der Waals surface area contributed by atoms with Gasteiger partial charge in [-0.05, 0) is 48.5 Å². The molecule has 0 unspecified atom stereocenters. The van der Waals surface area contributed by atoms with Crippen LogP contribution in [0.25, 0.3) is 17.1 Å². The maximum absolute atomic E-state index is 12.6. The Morgan fingerprint density at radius 2 is 1.58 bits per heavy atom. The van der Waals surface area contributed by atoms with Crippen LogP contribution in [-0.4, -0.2) is 62.5 Å². The van der Waals surface area contributed by atoms with Crippen LogP contribution in [0.15, 0.2) is 48.5 Å². The Labute approximate surface area is 187 Å². The summed E-state index contributed by atoms with van der Waals surface area (Å²) in [5.41, 5.74) is 1.05. The molecular weight excluding hydrogens is 467 g/mol. The first kappa shape index (κ1) is 24.3. The van der Waals surface area contributed by atoms with Gasteiger partial charge in [-0.3, -0.25) is 4.18 Å². The van der Waals surface area contributed by atoms with Crippen LogP contribution in [-0.2, 0) is 14.3 Å². The van der Waals surface area contributed by atoms with Crippen molar-refractivity contribution in [2.24, 2.45) is 0 Å². The largest absolute Gasteiger partial charge is 0.497 e. The predicted molar refractivity (Wildman–Crippen MR) is 111 cm³/mol. The number of benzene rings is 2. The van der Waals surface area contributed by atoms with Crippen molar-refractivity contribution in [1.82, 2.24) is 14.8 Å². The van der Waals surface area contributed by atoms with Gasteiger partial charge in [0.1, 0.15) is 24.7 Å². The van der Waals surface area contributed by atoms with E-state index >= 15 is 0 Å². The number of halogens is 3. The van der Waals surface area contributed by atoms with Gasteiger partial charge < -0.3 is 14.2 Å². The average Bonchev–Trinajstić information content (AvgIpc) is 3.19. The molecule has 0 radical (unpaired) electrons. The van der Waals surface area contributed by atoms with Crippen LogP contribution in [0.2, 0.25) is 0 Å². The number of hydrogen-bond donors (Lipinski definition) is 0. The summed E-state index contributed by atoms with van der Waals surface area (Å²) in [5.74, 6) is 1.26. The molecule has 0 aliphatic rings. The SMILES string of the molecule is COc1ccc(-n2nc(OCC(F)(F)F)nc2-c2ccc(OCCOS(C)(=O)=O)cc2)cc1. The van der Waals surface area contributed by atoms with E-state index in [1.54, 1.807) is 48.5 Å². The number of nitrogens with zero attached hydrogens (tertiary/aromatic N) is 3. The molecule has 13 heteroatoms. The lowest BCUT2D eigenvalue weighted by atomic mass is 10.2. The van der Waals surface area contributed by atoms with Crippen molar-refractivity contribution in [3.63, 3.8) is 0 Å². The summed E-state index contributed by atoms with van der Waals surface area (Å²) < 4.78 is 80.8. The van der Waals surface area contributed by atoms with Gasteiger partial charge in [0, 0.05) is 5.56 Å². The highest BCUT2D eigenvalue weighted by Crippen LogP contribution is 2.27. The Balaban J connectivity index is 1.82. The standard InChI is InChI=1S/C20H20F3N3O6S/c1-29-16-9-5-15(6-10-16)26-18(24-19(25-26)31-13-20(21,22)23)14-3-7-17(8-4-14)30-11-12-32-33(2,27)28/h3-10H,11-13H2,1-2H3. The van der Waals surface area contributed by atoms with Gasteiger partial charge in [0.15, 0.2) is 12.4 Å². The van der Waals surface area contributed by atoms with Gasteiger partial charge in [0.2, 0.25) is 0 Å². The zero-order valence-electron chi connectivity index (χ0n) is 17.6. The van der Waals surface area contributed by atoms with Gasteiger partial charge in [-0.1, -0.05) is 0 Å². The highest BCUT2D eigenvalue weighted by molar-refractivity contribution is 7.85. The average molecular weight is 487 g/mol. The first-order valence-corrected chi connectivity index (χ1v) is 11.2. The predicted octanol–water partition coefficient (Wildman–Crippen LogP) is 3.24. The molecule has 3 rings (SSSR count). The fraction of sp³-hybridized carbons (Fsp3) is 0.300. The summed E-state index contributed by atoms with van der Waals surface area (Å²) in [6.45, 7) is -1.67. The number of aromatic nitrogens is 3. The molecule has 1 aromatic heterocycles. The Hall–Kier alpha value is -3.32. The zero-order valence-corrected chi connectivity index (χ0v) is 18.4. The third kappa shape index (κ3) is 7.36. The summed E-state index contributed by atoms with van der Waals surface area (Å²) in [6.07, 6.45) is -3.60. The molecule has 0 bridgehead atoms. The molecule has 0 aliphatic carbocycles. The highest BCUT2D eigenvalue weighted by atomic mass is 32.2. The molecule has 0 N–H and O–H groups in total. The van der Waals surface area contributed by atoms with Crippen molar-refractivity contribution in [3.8, 4) is 34.6 Å².